The minimum atomic E-state index is -1.08. The standard InChI is InChI=1S/C30H54O8/c1-25(2,33)19(31)11-15-27(5)23(37-27)13-17-29(7)21(35-29)9-10-22-30(8,36-22)18-14-24-28(6,38-24)16-12-20(32)26(3,4)34/h19-24,31-34H,9-18H2,1-8H3/t19-,20-,21-,22-,23-,24-,27-,28-,29-,30-/m1/s1. The molecule has 0 aromatic heterocycles. The zero-order valence-corrected chi connectivity index (χ0v) is 25.0. The zero-order valence-electron chi connectivity index (χ0n) is 25.0. The Labute approximate surface area is 229 Å². The maximum absolute atomic E-state index is 10.1. The molecule has 4 aliphatic rings. The van der Waals surface area contributed by atoms with E-state index in [1.54, 1.807) is 27.7 Å². The van der Waals surface area contributed by atoms with Gasteiger partial charge in [0, 0.05) is 0 Å². The van der Waals surface area contributed by atoms with E-state index < -0.39 is 23.4 Å². The smallest absolute Gasteiger partial charge is 0.0921 e. The Hall–Kier alpha value is -0.320. The molecular formula is C30H54O8. The second kappa shape index (κ2) is 10.2. The van der Waals surface area contributed by atoms with Crippen LogP contribution in [-0.4, -0.2) is 90.7 Å². The average molecular weight is 543 g/mol. The molecule has 0 aromatic rings. The summed E-state index contributed by atoms with van der Waals surface area (Å²) in [7, 11) is 0. The summed E-state index contributed by atoms with van der Waals surface area (Å²) < 4.78 is 24.1. The summed E-state index contributed by atoms with van der Waals surface area (Å²) in [5, 5.41) is 40.1. The molecule has 4 aliphatic heterocycles. The second-order valence-electron chi connectivity index (χ2n) is 14.7. The van der Waals surface area contributed by atoms with Crippen molar-refractivity contribution in [1.82, 2.24) is 0 Å². The molecule has 8 nitrogen and oxygen atoms in total. The van der Waals surface area contributed by atoms with Crippen molar-refractivity contribution in [3.63, 3.8) is 0 Å². The molecular weight excluding hydrogens is 488 g/mol. The molecule has 0 amide bonds. The molecule has 0 unspecified atom stereocenters. The van der Waals surface area contributed by atoms with Crippen molar-refractivity contribution in [3.8, 4) is 0 Å². The summed E-state index contributed by atoms with van der Waals surface area (Å²) in [6.07, 6.45) is 7.85. The molecule has 0 bridgehead atoms. The third kappa shape index (κ3) is 7.30. The molecule has 4 heterocycles. The highest BCUT2D eigenvalue weighted by Crippen LogP contribution is 2.52. The van der Waals surface area contributed by atoms with Crippen molar-refractivity contribution in [2.45, 2.75) is 190 Å². The highest BCUT2D eigenvalue weighted by atomic mass is 16.6. The third-order valence-electron chi connectivity index (χ3n) is 10.1. The predicted octanol–water partition coefficient (Wildman–Crippen LogP) is 3.78. The quantitative estimate of drug-likeness (QED) is 0.204. The maximum Gasteiger partial charge on any atom is 0.0921 e. The molecule has 0 aromatic carbocycles. The fraction of sp³-hybridized carbons (Fsp3) is 1.00. The lowest BCUT2D eigenvalue weighted by atomic mass is 9.88. The highest BCUT2D eigenvalue weighted by molar-refractivity contribution is 5.08. The number of aliphatic hydroxyl groups excluding tert-OH is 2. The largest absolute Gasteiger partial charge is 0.390 e. The van der Waals surface area contributed by atoms with E-state index >= 15 is 0 Å². The molecule has 4 fully saturated rings. The molecule has 8 heteroatoms. The zero-order chi connectivity index (χ0) is 28.4. The van der Waals surface area contributed by atoms with Gasteiger partial charge in [0.2, 0.25) is 0 Å². The van der Waals surface area contributed by atoms with E-state index in [1.165, 1.54) is 0 Å². The first kappa shape index (κ1) is 30.6. The van der Waals surface area contributed by atoms with Gasteiger partial charge in [-0.1, -0.05) is 0 Å². The van der Waals surface area contributed by atoms with E-state index in [1.807, 2.05) is 0 Å². The lowest BCUT2D eigenvalue weighted by Gasteiger charge is -2.25. The van der Waals surface area contributed by atoms with Crippen molar-refractivity contribution in [2.24, 2.45) is 0 Å². The average Bonchev–Trinajstić information content (AvgIpc) is 3.73. The Morgan fingerprint density at radius 2 is 0.789 bits per heavy atom. The number of rotatable bonds is 17. The maximum atomic E-state index is 10.1. The van der Waals surface area contributed by atoms with Gasteiger partial charge in [-0.05, 0) is 120 Å². The third-order valence-corrected chi connectivity index (χ3v) is 10.1. The summed E-state index contributed by atoms with van der Waals surface area (Å²) in [4.78, 5) is 0. The van der Waals surface area contributed by atoms with Gasteiger partial charge in [-0.15, -0.1) is 0 Å². The van der Waals surface area contributed by atoms with E-state index in [2.05, 4.69) is 27.7 Å². The van der Waals surface area contributed by atoms with Crippen LogP contribution in [0.2, 0.25) is 0 Å². The van der Waals surface area contributed by atoms with Gasteiger partial charge in [0.15, 0.2) is 0 Å². The van der Waals surface area contributed by atoms with Crippen molar-refractivity contribution in [2.75, 3.05) is 0 Å². The van der Waals surface area contributed by atoms with Crippen LogP contribution in [0.4, 0.5) is 0 Å². The van der Waals surface area contributed by atoms with Gasteiger partial charge < -0.3 is 39.4 Å². The number of hydrogen-bond donors (Lipinski definition) is 4. The summed E-state index contributed by atoms with van der Waals surface area (Å²) in [5.74, 6) is 0. The molecule has 222 valence electrons. The molecule has 0 aliphatic carbocycles. The number of ether oxygens (including phenoxy) is 4. The Balaban J connectivity index is 1.07. The summed E-state index contributed by atoms with van der Waals surface area (Å²) in [6.45, 7) is 15.1. The van der Waals surface area contributed by atoms with Gasteiger partial charge in [0.25, 0.3) is 0 Å². The van der Waals surface area contributed by atoms with Crippen LogP contribution in [0.3, 0.4) is 0 Å². The molecule has 4 saturated heterocycles. The highest BCUT2D eigenvalue weighted by Gasteiger charge is 2.59. The summed E-state index contributed by atoms with van der Waals surface area (Å²) in [5.41, 5.74) is -2.73. The van der Waals surface area contributed by atoms with Gasteiger partial charge in [-0.25, -0.2) is 0 Å². The van der Waals surface area contributed by atoms with Gasteiger partial charge in [-0.2, -0.15) is 0 Å². The molecule has 10 atom stereocenters. The van der Waals surface area contributed by atoms with Crippen molar-refractivity contribution < 1.29 is 39.4 Å². The van der Waals surface area contributed by atoms with E-state index in [9.17, 15) is 20.4 Å². The molecule has 4 N–H and O–H groups in total. The Bertz CT molecular complexity index is 769. The van der Waals surface area contributed by atoms with Crippen molar-refractivity contribution in [1.29, 1.82) is 0 Å². The molecule has 0 radical (unpaired) electrons. The van der Waals surface area contributed by atoms with Crippen LogP contribution < -0.4 is 0 Å². The molecule has 4 rings (SSSR count). The first-order valence-corrected chi connectivity index (χ1v) is 14.8. The Morgan fingerprint density at radius 3 is 1.08 bits per heavy atom. The van der Waals surface area contributed by atoms with Gasteiger partial charge in [0.1, 0.15) is 0 Å². The minimum Gasteiger partial charge on any atom is -0.390 e. The first-order chi connectivity index (χ1) is 17.3. The summed E-state index contributed by atoms with van der Waals surface area (Å²) in [6, 6.07) is 0. The van der Waals surface area contributed by atoms with Crippen LogP contribution in [0.5, 0.6) is 0 Å². The van der Waals surface area contributed by atoms with Crippen LogP contribution in [0.15, 0.2) is 0 Å². The van der Waals surface area contributed by atoms with E-state index in [-0.39, 0.29) is 46.8 Å². The van der Waals surface area contributed by atoms with E-state index in [0.717, 1.165) is 51.4 Å². The monoisotopic (exact) mass is 542 g/mol. The van der Waals surface area contributed by atoms with Crippen LogP contribution in [0.25, 0.3) is 0 Å². The minimum absolute atomic E-state index is 0.0812. The van der Waals surface area contributed by atoms with Crippen LogP contribution in [-0.2, 0) is 18.9 Å². The van der Waals surface area contributed by atoms with E-state index in [0.29, 0.717) is 12.8 Å². The van der Waals surface area contributed by atoms with Crippen molar-refractivity contribution >= 4 is 0 Å². The number of hydrogen-bond acceptors (Lipinski definition) is 8. The fourth-order valence-corrected chi connectivity index (χ4v) is 6.19. The fourth-order valence-electron chi connectivity index (χ4n) is 6.19. The Morgan fingerprint density at radius 1 is 0.526 bits per heavy atom. The lowest BCUT2D eigenvalue weighted by molar-refractivity contribution is -0.0540. The summed E-state index contributed by atoms with van der Waals surface area (Å²) >= 11 is 0. The van der Waals surface area contributed by atoms with Crippen LogP contribution in [0.1, 0.15) is 120 Å². The van der Waals surface area contributed by atoms with Gasteiger partial charge >= 0.3 is 0 Å². The first-order valence-electron chi connectivity index (χ1n) is 14.8. The van der Waals surface area contributed by atoms with Crippen LogP contribution >= 0.6 is 0 Å². The molecule has 0 saturated carbocycles. The number of aliphatic hydroxyl groups is 4. The van der Waals surface area contributed by atoms with Gasteiger partial charge in [0.05, 0.1) is 70.2 Å². The van der Waals surface area contributed by atoms with E-state index in [4.69, 9.17) is 18.9 Å². The van der Waals surface area contributed by atoms with Crippen molar-refractivity contribution in [3.05, 3.63) is 0 Å². The Kier molecular flexibility index (Phi) is 8.22. The van der Waals surface area contributed by atoms with Gasteiger partial charge in [-0.3, -0.25) is 0 Å². The SMILES string of the molecule is CC(C)(O)[C@H](O)CC[C@@]1(C)O[C@@H]1CC[C@@]1(C)O[C@@H]1CC[C@H]1O[C@]1(C)CC[C@H]1O[C@]1(C)CC[C@@H](O)C(C)(C)O. The number of epoxide rings is 4. The topological polar surface area (TPSA) is 131 Å². The normalized spacial score (nSPS) is 43.6. The van der Waals surface area contributed by atoms with Crippen LogP contribution in [0, 0.1) is 0 Å². The molecule has 0 spiro atoms. The second-order valence-corrected chi connectivity index (χ2v) is 14.7. The predicted molar refractivity (Wildman–Crippen MR) is 144 cm³/mol. The lowest BCUT2D eigenvalue weighted by Crippen LogP contribution is -2.36. The molecule has 38 heavy (non-hydrogen) atoms.